The average molecular weight is 395 g/mol. The third kappa shape index (κ3) is 3.33. The summed E-state index contributed by atoms with van der Waals surface area (Å²) in [5, 5.41) is 14.5. The molecule has 0 aliphatic heterocycles. The molecule has 0 aliphatic carbocycles. The van der Waals surface area contributed by atoms with Gasteiger partial charge < -0.3 is 5.32 Å². The highest BCUT2D eigenvalue weighted by molar-refractivity contribution is 14.1. The minimum absolute atomic E-state index is 0.153. The summed E-state index contributed by atoms with van der Waals surface area (Å²) >= 11 is 9.43. The van der Waals surface area contributed by atoms with Crippen molar-refractivity contribution in [3.05, 3.63) is 53.9 Å². The topological polar surface area (TPSA) is 55.2 Å². The lowest BCUT2D eigenvalue weighted by Crippen LogP contribution is -1.97. The fourth-order valence-corrected chi connectivity index (χ4v) is 3.06. The summed E-state index contributed by atoms with van der Waals surface area (Å²) in [4.78, 5) is 11.1. The maximum atomic E-state index is 10.6. The lowest BCUT2D eigenvalue weighted by molar-refractivity contribution is -0.380. The van der Waals surface area contributed by atoms with Crippen LogP contribution in [0.25, 0.3) is 0 Å². The zero-order chi connectivity index (χ0) is 13.1. The average Bonchev–Trinajstić information content (AvgIpc) is 2.76. The number of anilines is 1. The van der Waals surface area contributed by atoms with Crippen molar-refractivity contribution in [2.24, 2.45) is 0 Å². The molecule has 0 unspecified atom stereocenters. The molecular formula is C11H8ClIN2O2S. The summed E-state index contributed by atoms with van der Waals surface area (Å²) in [6, 6.07) is 8.96. The molecule has 0 bridgehead atoms. The lowest BCUT2D eigenvalue weighted by atomic mass is 10.3. The second-order valence-corrected chi connectivity index (χ2v) is 6.27. The second kappa shape index (κ2) is 5.85. The van der Waals surface area contributed by atoms with Crippen LogP contribution in [0.5, 0.6) is 0 Å². The van der Waals surface area contributed by atoms with Crippen LogP contribution in [0, 0.1) is 13.7 Å². The number of thiophene rings is 1. The van der Waals surface area contributed by atoms with Crippen LogP contribution in [0.3, 0.4) is 0 Å². The Kier molecular flexibility index (Phi) is 4.41. The van der Waals surface area contributed by atoms with Crippen LogP contribution >= 0.6 is 45.5 Å². The SMILES string of the molecule is O=[N+]([O-])c1ccc(CNc2ccc(I)cc2Cl)s1. The van der Waals surface area contributed by atoms with E-state index in [0.29, 0.717) is 11.6 Å². The zero-order valence-corrected chi connectivity index (χ0v) is 12.8. The van der Waals surface area contributed by atoms with Crippen LogP contribution in [-0.2, 0) is 6.54 Å². The third-order valence-electron chi connectivity index (χ3n) is 2.21. The number of benzene rings is 1. The van der Waals surface area contributed by atoms with Gasteiger partial charge in [-0.3, -0.25) is 10.1 Å². The van der Waals surface area contributed by atoms with Crippen LogP contribution in [0.4, 0.5) is 10.7 Å². The zero-order valence-electron chi connectivity index (χ0n) is 9.02. The number of rotatable bonds is 4. The normalized spacial score (nSPS) is 10.3. The van der Waals surface area contributed by atoms with Gasteiger partial charge in [-0.15, -0.1) is 0 Å². The fourth-order valence-electron chi connectivity index (χ4n) is 1.37. The number of nitrogens with one attached hydrogen (secondary N) is 1. The first kappa shape index (κ1) is 13.6. The molecule has 0 saturated carbocycles. The first-order valence-corrected chi connectivity index (χ1v) is 7.25. The molecule has 0 spiro atoms. The molecule has 1 heterocycles. The number of nitro groups is 1. The largest absolute Gasteiger partial charge is 0.379 e. The van der Waals surface area contributed by atoms with Crippen LogP contribution in [0.15, 0.2) is 30.3 Å². The summed E-state index contributed by atoms with van der Waals surface area (Å²) in [5.41, 5.74) is 0.827. The van der Waals surface area contributed by atoms with Gasteiger partial charge in [0.2, 0.25) is 0 Å². The van der Waals surface area contributed by atoms with Crippen molar-refractivity contribution in [3.63, 3.8) is 0 Å². The molecule has 0 fully saturated rings. The first-order chi connectivity index (χ1) is 8.56. The maximum Gasteiger partial charge on any atom is 0.324 e. The monoisotopic (exact) mass is 394 g/mol. The molecule has 1 aromatic carbocycles. The molecular weight excluding hydrogens is 387 g/mol. The Morgan fingerprint density at radius 2 is 2.17 bits per heavy atom. The molecule has 0 saturated heterocycles. The van der Waals surface area contributed by atoms with Crippen molar-refractivity contribution >= 4 is 56.2 Å². The number of nitrogens with zero attached hydrogens (tertiary/aromatic N) is 1. The second-order valence-electron chi connectivity index (χ2n) is 3.47. The van der Waals surface area contributed by atoms with Crippen LogP contribution < -0.4 is 5.32 Å². The van der Waals surface area contributed by atoms with Gasteiger partial charge in [-0.1, -0.05) is 22.9 Å². The van der Waals surface area contributed by atoms with Crippen molar-refractivity contribution in [2.45, 2.75) is 6.54 Å². The molecule has 18 heavy (non-hydrogen) atoms. The highest BCUT2D eigenvalue weighted by atomic mass is 127. The van der Waals surface area contributed by atoms with Gasteiger partial charge in [0.25, 0.3) is 0 Å². The molecule has 0 atom stereocenters. The van der Waals surface area contributed by atoms with Crippen molar-refractivity contribution in [2.75, 3.05) is 5.32 Å². The predicted octanol–water partition coefficient (Wildman–Crippen LogP) is 4.53. The summed E-state index contributed by atoms with van der Waals surface area (Å²) in [6.45, 7) is 0.527. The quantitative estimate of drug-likeness (QED) is 0.471. The Labute approximate surface area is 126 Å². The van der Waals surface area contributed by atoms with E-state index in [4.69, 9.17) is 11.6 Å². The molecule has 2 rings (SSSR count). The summed E-state index contributed by atoms with van der Waals surface area (Å²) in [7, 11) is 0. The van der Waals surface area contributed by atoms with E-state index in [1.807, 2.05) is 18.2 Å². The molecule has 1 aromatic heterocycles. The fraction of sp³-hybridized carbons (Fsp3) is 0.0909. The Bertz CT molecular complexity index is 588. The van der Waals surface area contributed by atoms with Crippen molar-refractivity contribution < 1.29 is 4.92 Å². The molecule has 94 valence electrons. The Morgan fingerprint density at radius 3 is 2.78 bits per heavy atom. The van der Waals surface area contributed by atoms with Gasteiger partial charge in [-0.05, 0) is 46.9 Å². The predicted molar refractivity (Wildman–Crippen MR) is 82.5 cm³/mol. The van der Waals surface area contributed by atoms with Crippen LogP contribution in [-0.4, -0.2) is 4.92 Å². The lowest BCUT2D eigenvalue weighted by Gasteiger charge is -2.07. The Morgan fingerprint density at radius 1 is 1.39 bits per heavy atom. The third-order valence-corrected chi connectivity index (χ3v) is 4.23. The van der Waals surface area contributed by atoms with Gasteiger partial charge in [-0.2, -0.15) is 0 Å². The number of hydrogen-bond acceptors (Lipinski definition) is 4. The van der Waals surface area contributed by atoms with Crippen molar-refractivity contribution in [3.8, 4) is 0 Å². The van der Waals surface area contributed by atoms with E-state index >= 15 is 0 Å². The van der Waals surface area contributed by atoms with Gasteiger partial charge >= 0.3 is 5.00 Å². The Hall–Kier alpha value is -0.860. The highest BCUT2D eigenvalue weighted by Crippen LogP contribution is 2.27. The van der Waals surface area contributed by atoms with Gasteiger partial charge in [0.1, 0.15) is 0 Å². The summed E-state index contributed by atoms with van der Waals surface area (Å²) in [5.74, 6) is 0. The molecule has 0 radical (unpaired) electrons. The molecule has 0 amide bonds. The van der Waals surface area contributed by atoms with E-state index in [0.717, 1.165) is 25.5 Å². The van der Waals surface area contributed by atoms with E-state index in [1.165, 1.54) is 6.07 Å². The summed E-state index contributed by atoms with van der Waals surface area (Å²) < 4.78 is 1.06. The molecule has 4 nitrogen and oxygen atoms in total. The molecule has 0 aliphatic rings. The van der Waals surface area contributed by atoms with Crippen molar-refractivity contribution in [1.82, 2.24) is 0 Å². The van der Waals surface area contributed by atoms with E-state index in [2.05, 4.69) is 27.9 Å². The van der Waals surface area contributed by atoms with E-state index in [-0.39, 0.29) is 9.92 Å². The Balaban J connectivity index is 2.04. The molecule has 2 aromatic rings. The smallest absolute Gasteiger partial charge is 0.324 e. The maximum absolute atomic E-state index is 10.6. The number of hydrogen-bond donors (Lipinski definition) is 1. The van der Waals surface area contributed by atoms with Gasteiger partial charge in [0.05, 0.1) is 15.6 Å². The minimum atomic E-state index is -0.383. The van der Waals surface area contributed by atoms with E-state index < -0.39 is 0 Å². The van der Waals surface area contributed by atoms with E-state index in [9.17, 15) is 10.1 Å². The minimum Gasteiger partial charge on any atom is -0.379 e. The van der Waals surface area contributed by atoms with Gasteiger partial charge in [-0.25, -0.2) is 0 Å². The van der Waals surface area contributed by atoms with Crippen LogP contribution in [0.1, 0.15) is 4.88 Å². The molecule has 1 N–H and O–H groups in total. The molecule has 7 heteroatoms. The standard InChI is InChI=1S/C11H8ClIN2O2S/c12-9-5-7(13)1-3-10(9)14-6-8-2-4-11(18-8)15(16)17/h1-5,14H,6H2. The highest BCUT2D eigenvalue weighted by Gasteiger charge is 2.09. The summed E-state index contributed by atoms with van der Waals surface area (Å²) in [6.07, 6.45) is 0. The van der Waals surface area contributed by atoms with Crippen molar-refractivity contribution in [1.29, 1.82) is 0 Å². The van der Waals surface area contributed by atoms with Crippen LogP contribution in [0.2, 0.25) is 5.02 Å². The first-order valence-electron chi connectivity index (χ1n) is 4.98. The van der Waals surface area contributed by atoms with Gasteiger partial charge in [0, 0.05) is 21.1 Å². The van der Waals surface area contributed by atoms with Gasteiger partial charge in [0.15, 0.2) is 0 Å². The number of halogens is 2. The van der Waals surface area contributed by atoms with E-state index in [1.54, 1.807) is 6.07 Å².